The van der Waals surface area contributed by atoms with Crippen molar-refractivity contribution in [2.75, 3.05) is 5.32 Å². The van der Waals surface area contributed by atoms with Gasteiger partial charge in [0.15, 0.2) is 5.60 Å². The quantitative estimate of drug-likeness (QED) is 0.428. The Balaban J connectivity index is 2.06. The Morgan fingerprint density at radius 3 is 2.52 bits per heavy atom. The number of aromatic hydroxyl groups is 1. The van der Waals surface area contributed by atoms with Crippen LogP contribution in [0.25, 0.3) is 0 Å². The van der Waals surface area contributed by atoms with Crippen LogP contribution in [0.5, 0.6) is 5.75 Å². The standard InChI is InChI=1S/C18H14F4N4O3/c19-11-5-6-12(13(20)7-11)17(29,8-26-10-23-9-24-26)18(21,22)16(28)25-14-3-1-2-4-15(14)27/h1-7,9-10,27,29H,8H2,(H,25,28). The van der Waals surface area contributed by atoms with Gasteiger partial charge < -0.3 is 15.5 Å². The van der Waals surface area contributed by atoms with Crippen LogP contribution in [0.15, 0.2) is 55.1 Å². The molecule has 3 N–H and O–H groups in total. The van der Waals surface area contributed by atoms with Gasteiger partial charge in [-0.1, -0.05) is 12.1 Å². The summed E-state index contributed by atoms with van der Waals surface area (Å²) in [5.74, 6) is -9.70. The Morgan fingerprint density at radius 1 is 1.17 bits per heavy atom. The predicted molar refractivity (Wildman–Crippen MR) is 92.0 cm³/mol. The van der Waals surface area contributed by atoms with E-state index in [9.17, 15) is 23.8 Å². The third kappa shape index (κ3) is 3.76. The number of hydrogen-bond acceptors (Lipinski definition) is 5. The van der Waals surface area contributed by atoms with Crippen molar-refractivity contribution >= 4 is 11.6 Å². The fourth-order valence-electron chi connectivity index (χ4n) is 2.70. The average molecular weight is 410 g/mol. The molecule has 0 aliphatic heterocycles. The van der Waals surface area contributed by atoms with Crippen LogP contribution in [-0.2, 0) is 16.9 Å². The predicted octanol–water partition coefficient (Wildman–Crippen LogP) is 2.42. The second kappa shape index (κ2) is 7.51. The molecule has 0 saturated carbocycles. The molecule has 1 aromatic heterocycles. The van der Waals surface area contributed by atoms with E-state index in [1.165, 1.54) is 12.1 Å². The van der Waals surface area contributed by atoms with Crippen LogP contribution in [0.2, 0.25) is 0 Å². The number of phenols is 1. The number of anilines is 1. The fourth-order valence-corrected chi connectivity index (χ4v) is 2.70. The van der Waals surface area contributed by atoms with Gasteiger partial charge in [-0.15, -0.1) is 0 Å². The number of nitrogens with zero attached hydrogens (tertiary/aromatic N) is 3. The molecular formula is C18H14F4N4O3. The van der Waals surface area contributed by atoms with Crippen molar-refractivity contribution in [3.63, 3.8) is 0 Å². The number of benzene rings is 2. The summed E-state index contributed by atoms with van der Waals surface area (Å²) in [7, 11) is 0. The van der Waals surface area contributed by atoms with Gasteiger partial charge in [-0.25, -0.2) is 18.4 Å². The van der Waals surface area contributed by atoms with E-state index in [1.54, 1.807) is 5.32 Å². The number of hydrogen-bond donors (Lipinski definition) is 3. The molecule has 152 valence electrons. The van der Waals surface area contributed by atoms with E-state index in [1.807, 2.05) is 0 Å². The smallest absolute Gasteiger partial charge is 0.358 e. The Labute approximate surface area is 161 Å². The molecule has 3 rings (SSSR count). The van der Waals surface area contributed by atoms with Crippen LogP contribution in [0.1, 0.15) is 5.56 Å². The molecule has 0 fully saturated rings. The summed E-state index contributed by atoms with van der Waals surface area (Å²) in [6.07, 6.45) is 1.96. The van der Waals surface area contributed by atoms with Gasteiger partial charge in [-0.3, -0.25) is 4.79 Å². The maximum atomic E-state index is 15.2. The van der Waals surface area contributed by atoms with Gasteiger partial charge in [-0.2, -0.15) is 13.9 Å². The zero-order valence-corrected chi connectivity index (χ0v) is 14.6. The lowest BCUT2D eigenvalue weighted by molar-refractivity contribution is -0.198. The minimum atomic E-state index is -4.64. The number of carbonyl (C=O) groups excluding carboxylic acids is 1. The molecule has 11 heteroatoms. The highest BCUT2D eigenvalue weighted by molar-refractivity contribution is 5.98. The minimum Gasteiger partial charge on any atom is -0.506 e. The van der Waals surface area contributed by atoms with Gasteiger partial charge in [0.2, 0.25) is 0 Å². The van der Waals surface area contributed by atoms with Crippen molar-refractivity contribution in [1.82, 2.24) is 14.8 Å². The summed E-state index contributed by atoms with van der Waals surface area (Å²) >= 11 is 0. The first kappa shape index (κ1) is 20.3. The Kier molecular flexibility index (Phi) is 5.25. The molecule has 2 aromatic carbocycles. The molecule has 1 amide bonds. The third-order valence-electron chi connectivity index (χ3n) is 4.19. The molecule has 1 unspecified atom stereocenters. The molecule has 0 spiro atoms. The number of halogens is 4. The molecule has 0 saturated heterocycles. The number of aromatic nitrogens is 3. The van der Waals surface area contributed by atoms with E-state index < -0.39 is 46.9 Å². The number of rotatable bonds is 6. The molecule has 0 bridgehead atoms. The number of para-hydroxylation sites is 2. The highest BCUT2D eigenvalue weighted by Crippen LogP contribution is 2.41. The molecule has 1 heterocycles. The minimum absolute atomic E-state index is 0.304. The maximum absolute atomic E-state index is 15.2. The normalized spacial score (nSPS) is 13.7. The van der Waals surface area contributed by atoms with Crippen LogP contribution < -0.4 is 5.32 Å². The first-order chi connectivity index (χ1) is 13.6. The second-order valence-corrected chi connectivity index (χ2v) is 6.12. The van der Waals surface area contributed by atoms with E-state index in [4.69, 9.17) is 0 Å². The van der Waals surface area contributed by atoms with Crippen molar-refractivity contribution in [1.29, 1.82) is 0 Å². The van der Waals surface area contributed by atoms with Crippen LogP contribution >= 0.6 is 0 Å². The third-order valence-corrected chi connectivity index (χ3v) is 4.19. The summed E-state index contributed by atoms with van der Waals surface area (Å²) in [5.41, 5.74) is -4.83. The van der Waals surface area contributed by atoms with Crippen molar-refractivity contribution in [3.8, 4) is 5.75 Å². The van der Waals surface area contributed by atoms with Crippen molar-refractivity contribution in [2.24, 2.45) is 0 Å². The van der Waals surface area contributed by atoms with Gasteiger partial charge in [0.05, 0.1) is 12.2 Å². The lowest BCUT2D eigenvalue weighted by Crippen LogP contribution is -2.56. The molecular weight excluding hydrogens is 396 g/mol. The van der Waals surface area contributed by atoms with Gasteiger partial charge >= 0.3 is 5.92 Å². The first-order valence-corrected chi connectivity index (χ1v) is 8.13. The molecule has 0 aliphatic rings. The van der Waals surface area contributed by atoms with Gasteiger partial charge in [-0.05, 0) is 24.3 Å². The topological polar surface area (TPSA) is 100 Å². The largest absolute Gasteiger partial charge is 0.506 e. The summed E-state index contributed by atoms with van der Waals surface area (Å²) in [4.78, 5) is 15.9. The van der Waals surface area contributed by atoms with E-state index in [0.29, 0.717) is 18.2 Å². The van der Waals surface area contributed by atoms with Crippen molar-refractivity contribution in [3.05, 3.63) is 72.3 Å². The van der Waals surface area contributed by atoms with E-state index in [0.717, 1.165) is 29.5 Å². The zero-order valence-electron chi connectivity index (χ0n) is 14.6. The number of amides is 1. The molecule has 1 atom stereocenters. The van der Waals surface area contributed by atoms with Crippen LogP contribution in [0.4, 0.5) is 23.2 Å². The summed E-state index contributed by atoms with van der Waals surface area (Å²) in [6, 6.07) is 6.66. The Bertz CT molecular complexity index is 1030. The zero-order chi connectivity index (χ0) is 21.2. The summed E-state index contributed by atoms with van der Waals surface area (Å²) in [5, 5.41) is 25.9. The highest BCUT2D eigenvalue weighted by atomic mass is 19.3. The second-order valence-electron chi connectivity index (χ2n) is 6.12. The van der Waals surface area contributed by atoms with Gasteiger partial charge in [0.1, 0.15) is 30.0 Å². The fraction of sp³-hybridized carbons (Fsp3) is 0.167. The van der Waals surface area contributed by atoms with Crippen molar-refractivity contribution in [2.45, 2.75) is 18.1 Å². The summed E-state index contributed by atoms with van der Waals surface area (Å²) in [6.45, 7) is -1.07. The lowest BCUT2D eigenvalue weighted by atomic mass is 9.85. The SMILES string of the molecule is O=C(Nc1ccccc1O)C(F)(F)C(O)(Cn1cncn1)c1ccc(F)cc1F. The Morgan fingerprint density at radius 2 is 1.90 bits per heavy atom. The molecule has 29 heavy (non-hydrogen) atoms. The van der Waals surface area contributed by atoms with E-state index in [-0.39, 0.29) is 5.69 Å². The van der Waals surface area contributed by atoms with E-state index in [2.05, 4.69) is 10.1 Å². The average Bonchev–Trinajstić information content (AvgIpc) is 3.16. The maximum Gasteiger partial charge on any atom is 0.358 e. The number of aliphatic hydroxyl groups is 1. The number of carbonyl (C=O) groups is 1. The first-order valence-electron chi connectivity index (χ1n) is 8.13. The number of nitrogens with one attached hydrogen (secondary N) is 1. The molecule has 0 aliphatic carbocycles. The molecule has 0 radical (unpaired) electrons. The summed E-state index contributed by atoms with van der Waals surface area (Å²) < 4.78 is 58.7. The highest BCUT2D eigenvalue weighted by Gasteiger charge is 2.61. The van der Waals surface area contributed by atoms with E-state index >= 15 is 8.78 Å². The molecule has 7 nitrogen and oxygen atoms in total. The monoisotopic (exact) mass is 410 g/mol. The Hall–Kier alpha value is -3.47. The van der Waals surface area contributed by atoms with Gasteiger partial charge in [0.25, 0.3) is 5.91 Å². The van der Waals surface area contributed by atoms with Crippen molar-refractivity contribution < 1.29 is 32.6 Å². The van der Waals surface area contributed by atoms with Gasteiger partial charge in [0, 0.05) is 11.6 Å². The molecule has 3 aromatic rings. The van der Waals surface area contributed by atoms with Crippen LogP contribution in [-0.4, -0.2) is 36.8 Å². The number of alkyl halides is 2. The number of phenolic OH excluding ortho intramolecular Hbond substituents is 1. The van der Waals surface area contributed by atoms with Crippen LogP contribution in [0.3, 0.4) is 0 Å². The lowest BCUT2D eigenvalue weighted by Gasteiger charge is -2.35. The van der Waals surface area contributed by atoms with Crippen LogP contribution in [0, 0.1) is 11.6 Å².